The third-order valence-electron chi connectivity index (χ3n) is 2.79. The van der Waals surface area contributed by atoms with E-state index in [0.717, 1.165) is 17.9 Å². The SMILES string of the molecule is NC(CSCc1ccco1)c1ccc(C(F)(F)F)cc1. The molecule has 0 spiro atoms. The van der Waals surface area contributed by atoms with Crippen molar-refractivity contribution in [1.82, 2.24) is 0 Å². The Hall–Kier alpha value is -1.40. The van der Waals surface area contributed by atoms with E-state index in [1.807, 2.05) is 12.1 Å². The minimum absolute atomic E-state index is 0.294. The molecule has 108 valence electrons. The fourth-order valence-corrected chi connectivity index (χ4v) is 2.63. The molecular weight excluding hydrogens is 287 g/mol. The number of hydrogen-bond donors (Lipinski definition) is 1. The van der Waals surface area contributed by atoms with Gasteiger partial charge in [0.2, 0.25) is 0 Å². The number of alkyl halides is 3. The Balaban J connectivity index is 1.87. The summed E-state index contributed by atoms with van der Waals surface area (Å²) in [7, 11) is 0. The highest BCUT2D eigenvalue weighted by atomic mass is 32.2. The zero-order valence-electron chi connectivity index (χ0n) is 10.6. The van der Waals surface area contributed by atoms with Crippen LogP contribution in [0, 0.1) is 0 Å². The van der Waals surface area contributed by atoms with Crippen LogP contribution in [-0.2, 0) is 11.9 Å². The molecule has 1 heterocycles. The molecule has 1 unspecified atom stereocenters. The minimum Gasteiger partial charge on any atom is -0.468 e. The van der Waals surface area contributed by atoms with Gasteiger partial charge in [-0.2, -0.15) is 24.9 Å². The molecule has 20 heavy (non-hydrogen) atoms. The van der Waals surface area contributed by atoms with E-state index in [-0.39, 0.29) is 6.04 Å². The molecule has 0 amide bonds. The fourth-order valence-electron chi connectivity index (χ4n) is 1.70. The topological polar surface area (TPSA) is 39.2 Å². The van der Waals surface area contributed by atoms with Gasteiger partial charge in [0.15, 0.2) is 0 Å². The lowest BCUT2D eigenvalue weighted by Crippen LogP contribution is -2.14. The molecule has 1 atom stereocenters. The third kappa shape index (κ3) is 4.05. The second-order valence-electron chi connectivity index (χ2n) is 4.32. The van der Waals surface area contributed by atoms with Gasteiger partial charge in [-0.3, -0.25) is 0 Å². The highest BCUT2D eigenvalue weighted by Gasteiger charge is 2.30. The first-order chi connectivity index (χ1) is 9.47. The highest BCUT2D eigenvalue weighted by molar-refractivity contribution is 7.98. The van der Waals surface area contributed by atoms with Crippen molar-refractivity contribution in [3.63, 3.8) is 0 Å². The summed E-state index contributed by atoms with van der Waals surface area (Å²) in [6.45, 7) is 0. The summed E-state index contributed by atoms with van der Waals surface area (Å²) in [5.74, 6) is 2.17. The van der Waals surface area contributed by atoms with Crippen molar-refractivity contribution < 1.29 is 17.6 Å². The number of benzene rings is 1. The first-order valence-electron chi connectivity index (χ1n) is 5.99. The van der Waals surface area contributed by atoms with Crippen LogP contribution >= 0.6 is 11.8 Å². The first kappa shape index (κ1) is 15.0. The van der Waals surface area contributed by atoms with E-state index in [1.165, 1.54) is 12.1 Å². The van der Waals surface area contributed by atoms with Crippen LogP contribution in [0.15, 0.2) is 47.1 Å². The number of hydrogen-bond acceptors (Lipinski definition) is 3. The van der Waals surface area contributed by atoms with Crippen LogP contribution in [0.2, 0.25) is 0 Å². The largest absolute Gasteiger partial charge is 0.468 e. The summed E-state index contributed by atoms with van der Waals surface area (Å²) in [4.78, 5) is 0. The molecule has 2 aromatic rings. The lowest BCUT2D eigenvalue weighted by atomic mass is 10.1. The van der Waals surface area contributed by atoms with Gasteiger partial charge in [0.1, 0.15) is 5.76 Å². The third-order valence-corrected chi connectivity index (χ3v) is 3.87. The van der Waals surface area contributed by atoms with E-state index in [9.17, 15) is 13.2 Å². The molecule has 0 aliphatic heterocycles. The van der Waals surface area contributed by atoms with Crippen molar-refractivity contribution in [2.75, 3.05) is 5.75 Å². The Bertz CT molecular complexity index is 522. The van der Waals surface area contributed by atoms with Crippen molar-refractivity contribution in [3.05, 3.63) is 59.5 Å². The Morgan fingerprint density at radius 1 is 1.15 bits per heavy atom. The number of halogens is 3. The Morgan fingerprint density at radius 2 is 1.85 bits per heavy atom. The average molecular weight is 301 g/mol. The highest BCUT2D eigenvalue weighted by Crippen LogP contribution is 2.30. The lowest BCUT2D eigenvalue weighted by molar-refractivity contribution is -0.137. The van der Waals surface area contributed by atoms with Crippen LogP contribution in [0.3, 0.4) is 0 Å². The Morgan fingerprint density at radius 3 is 2.40 bits per heavy atom. The standard InChI is InChI=1S/C14H14F3NOS/c15-14(16,17)11-5-3-10(4-6-11)13(18)9-20-8-12-2-1-7-19-12/h1-7,13H,8-9,18H2. The molecule has 0 aliphatic rings. The van der Waals surface area contributed by atoms with Crippen LogP contribution < -0.4 is 5.73 Å². The van der Waals surface area contributed by atoms with Crippen LogP contribution in [0.25, 0.3) is 0 Å². The molecule has 0 saturated carbocycles. The zero-order chi connectivity index (χ0) is 14.6. The summed E-state index contributed by atoms with van der Waals surface area (Å²) in [5, 5.41) is 0. The van der Waals surface area contributed by atoms with Crippen molar-refractivity contribution in [3.8, 4) is 0 Å². The first-order valence-corrected chi connectivity index (χ1v) is 7.15. The number of nitrogens with two attached hydrogens (primary N) is 1. The van der Waals surface area contributed by atoms with Crippen LogP contribution in [0.5, 0.6) is 0 Å². The van der Waals surface area contributed by atoms with Gasteiger partial charge in [0, 0.05) is 11.8 Å². The molecule has 0 radical (unpaired) electrons. The van der Waals surface area contributed by atoms with Gasteiger partial charge in [0.25, 0.3) is 0 Å². The summed E-state index contributed by atoms with van der Waals surface area (Å²) in [5.41, 5.74) is 6.00. The molecule has 2 nitrogen and oxygen atoms in total. The van der Waals surface area contributed by atoms with Crippen molar-refractivity contribution in [2.24, 2.45) is 5.73 Å². The summed E-state index contributed by atoms with van der Waals surface area (Å²) >= 11 is 1.58. The molecule has 6 heteroatoms. The molecule has 0 aliphatic carbocycles. The molecule has 2 N–H and O–H groups in total. The quantitative estimate of drug-likeness (QED) is 0.898. The summed E-state index contributed by atoms with van der Waals surface area (Å²) in [6, 6.07) is 8.38. The van der Waals surface area contributed by atoms with Gasteiger partial charge in [-0.25, -0.2) is 0 Å². The Labute approximate surface area is 119 Å². The fraction of sp³-hybridized carbons (Fsp3) is 0.286. The van der Waals surface area contributed by atoms with E-state index in [2.05, 4.69) is 0 Å². The van der Waals surface area contributed by atoms with E-state index in [0.29, 0.717) is 17.1 Å². The second-order valence-corrected chi connectivity index (χ2v) is 5.35. The van der Waals surface area contributed by atoms with Gasteiger partial charge in [0.05, 0.1) is 17.6 Å². The maximum Gasteiger partial charge on any atom is 0.416 e. The van der Waals surface area contributed by atoms with Gasteiger partial charge in [-0.1, -0.05) is 12.1 Å². The monoisotopic (exact) mass is 301 g/mol. The van der Waals surface area contributed by atoms with Gasteiger partial charge >= 0.3 is 6.18 Å². The van der Waals surface area contributed by atoms with Crippen molar-refractivity contribution in [1.29, 1.82) is 0 Å². The minimum atomic E-state index is -4.31. The van der Waals surface area contributed by atoms with Gasteiger partial charge in [-0.15, -0.1) is 0 Å². The molecule has 0 saturated heterocycles. The molecule has 0 bridgehead atoms. The van der Waals surface area contributed by atoms with Crippen molar-refractivity contribution in [2.45, 2.75) is 18.0 Å². The van der Waals surface area contributed by atoms with Crippen LogP contribution in [0.4, 0.5) is 13.2 Å². The van der Waals surface area contributed by atoms with Crippen LogP contribution in [0.1, 0.15) is 22.9 Å². The number of thioether (sulfide) groups is 1. The van der Waals surface area contributed by atoms with Gasteiger partial charge in [-0.05, 0) is 29.8 Å². The summed E-state index contributed by atoms with van der Waals surface area (Å²) < 4.78 is 42.5. The molecule has 0 fully saturated rings. The van der Waals surface area contributed by atoms with Crippen molar-refractivity contribution >= 4 is 11.8 Å². The Kier molecular flexibility index (Phi) is 4.77. The molecule has 1 aromatic heterocycles. The molecular formula is C14H14F3NOS. The van der Waals surface area contributed by atoms with Crippen LogP contribution in [-0.4, -0.2) is 5.75 Å². The van der Waals surface area contributed by atoms with E-state index >= 15 is 0 Å². The maximum absolute atomic E-state index is 12.4. The summed E-state index contributed by atoms with van der Waals surface area (Å²) in [6.07, 6.45) is -2.71. The van der Waals surface area contributed by atoms with E-state index in [4.69, 9.17) is 10.2 Å². The predicted octanol–water partition coefficient (Wildman–Crippen LogP) is 4.23. The molecule has 2 rings (SSSR count). The maximum atomic E-state index is 12.4. The van der Waals surface area contributed by atoms with E-state index < -0.39 is 11.7 Å². The van der Waals surface area contributed by atoms with Gasteiger partial charge < -0.3 is 10.2 Å². The predicted molar refractivity (Wildman–Crippen MR) is 73.2 cm³/mol. The number of rotatable bonds is 5. The number of furan rings is 1. The smallest absolute Gasteiger partial charge is 0.416 e. The average Bonchev–Trinajstić information content (AvgIpc) is 2.91. The normalized spacial score (nSPS) is 13.4. The van der Waals surface area contributed by atoms with E-state index in [1.54, 1.807) is 18.0 Å². The lowest BCUT2D eigenvalue weighted by Gasteiger charge is -2.13. The molecule has 1 aromatic carbocycles. The second kappa shape index (κ2) is 6.37. The zero-order valence-corrected chi connectivity index (χ0v) is 11.4.